The molecule has 2 heterocycles. The number of aryl methyl sites for hydroxylation is 1. The molecule has 5 nitrogen and oxygen atoms in total. The van der Waals surface area contributed by atoms with Gasteiger partial charge in [-0.3, -0.25) is 15.1 Å². The maximum Gasteiger partial charge on any atom is 0.281 e. The van der Waals surface area contributed by atoms with Gasteiger partial charge in [-0.25, -0.2) is 4.98 Å². The van der Waals surface area contributed by atoms with Crippen molar-refractivity contribution in [2.75, 3.05) is 10.3 Å². The van der Waals surface area contributed by atoms with E-state index in [1.165, 1.54) is 10.2 Å². The van der Waals surface area contributed by atoms with Crippen molar-refractivity contribution in [2.45, 2.75) is 13.1 Å². The molecule has 28 heavy (non-hydrogen) atoms. The molecule has 1 N–H and O–H groups in total. The predicted molar refractivity (Wildman–Crippen MR) is 113 cm³/mol. The van der Waals surface area contributed by atoms with Gasteiger partial charge in [-0.1, -0.05) is 53.6 Å². The van der Waals surface area contributed by atoms with Crippen LogP contribution in [0.5, 0.6) is 0 Å². The third-order valence-electron chi connectivity index (χ3n) is 4.96. The summed E-state index contributed by atoms with van der Waals surface area (Å²) < 4.78 is 1.52. The van der Waals surface area contributed by atoms with E-state index in [1.54, 1.807) is 6.07 Å². The molecule has 0 aliphatic carbocycles. The molecular weight excluding hydrogens is 372 g/mol. The van der Waals surface area contributed by atoms with E-state index in [-0.39, 0.29) is 11.7 Å². The highest BCUT2D eigenvalue weighted by Crippen LogP contribution is 2.38. The second-order valence-electron chi connectivity index (χ2n) is 6.86. The van der Waals surface area contributed by atoms with Crippen molar-refractivity contribution in [1.82, 2.24) is 9.66 Å². The van der Waals surface area contributed by atoms with E-state index in [0.717, 1.165) is 11.3 Å². The average Bonchev–Trinajstić information content (AvgIpc) is 3.09. The number of hydrogen-bond donors (Lipinski definition) is 1. The van der Waals surface area contributed by atoms with Gasteiger partial charge in [0.25, 0.3) is 5.56 Å². The van der Waals surface area contributed by atoms with Crippen molar-refractivity contribution in [1.29, 1.82) is 0 Å². The molecule has 138 valence electrons. The summed E-state index contributed by atoms with van der Waals surface area (Å²) in [5, 5.41) is 1.22. The topological polar surface area (TPSA) is 50.2 Å². The Labute approximate surface area is 166 Å². The zero-order valence-electron chi connectivity index (χ0n) is 15.1. The summed E-state index contributed by atoms with van der Waals surface area (Å²) in [5.74, 6) is 0.553. The van der Waals surface area contributed by atoms with Crippen LogP contribution in [0.1, 0.15) is 17.3 Å². The molecular formula is C22H17ClN4O. The van der Waals surface area contributed by atoms with E-state index < -0.39 is 0 Å². The van der Waals surface area contributed by atoms with E-state index in [4.69, 9.17) is 16.6 Å². The van der Waals surface area contributed by atoms with E-state index >= 15 is 0 Å². The summed E-state index contributed by atoms with van der Waals surface area (Å²) >= 11 is 6.24. The number of nitrogens with zero attached hydrogens (tertiary/aromatic N) is 3. The SMILES string of the molecule is Cc1ccc(N2c3nc4ccccc4c(=O)n3NC2c2cccc(Cl)c2)cc1. The first-order chi connectivity index (χ1) is 13.6. The fourth-order valence-electron chi connectivity index (χ4n) is 3.56. The van der Waals surface area contributed by atoms with Crippen LogP contribution < -0.4 is 15.9 Å². The van der Waals surface area contributed by atoms with Crippen molar-refractivity contribution >= 4 is 34.1 Å². The Morgan fingerprint density at radius 2 is 1.79 bits per heavy atom. The number of nitrogens with one attached hydrogen (secondary N) is 1. The van der Waals surface area contributed by atoms with Gasteiger partial charge in [0.15, 0.2) is 0 Å². The van der Waals surface area contributed by atoms with E-state index in [0.29, 0.717) is 21.9 Å². The summed E-state index contributed by atoms with van der Waals surface area (Å²) in [6.07, 6.45) is -0.307. The lowest BCUT2D eigenvalue weighted by Gasteiger charge is -2.25. The van der Waals surface area contributed by atoms with Gasteiger partial charge in [-0.15, -0.1) is 0 Å². The van der Waals surface area contributed by atoms with Crippen molar-refractivity contribution in [2.24, 2.45) is 0 Å². The van der Waals surface area contributed by atoms with Gasteiger partial charge < -0.3 is 0 Å². The molecule has 1 unspecified atom stereocenters. The van der Waals surface area contributed by atoms with Crippen LogP contribution in [0.2, 0.25) is 5.02 Å². The molecule has 4 aromatic rings. The molecule has 0 fully saturated rings. The van der Waals surface area contributed by atoms with Crippen LogP contribution in [0.3, 0.4) is 0 Å². The number of halogens is 1. The molecule has 0 amide bonds. The number of benzene rings is 3. The summed E-state index contributed by atoms with van der Waals surface area (Å²) in [6, 6.07) is 23.2. The zero-order chi connectivity index (χ0) is 19.3. The largest absolute Gasteiger partial charge is 0.293 e. The average molecular weight is 389 g/mol. The van der Waals surface area contributed by atoms with Gasteiger partial charge in [0.05, 0.1) is 10.9 Å². The van der Waals surface area contributed by atoms with Crippen molar-refractivity contribution in [3.8, 4) is 0 Å². The van der Waals surface area contributed by atoms with E-state index in [9.17, 15) is 4.79 Å². The minimum Gasteiger partial charge on any atom is -0.293 e. The van der Waals surface area contributed by atoms with Crippen LogP contribution in [-0.4, -0.2) is 9.66 Å². The highest BCUT2D eigenvalue weighted by Gasteiger charge is 2.34. The Bertz CT molecular complexity index is 1250. The van der Waals surface area contributed by atoms with Crippen molar-refractivity contribution in [3.63, 3.8) is 0 Å². The number of anilines is 2. The molecule has 0 bridgehead atoms. The van der Waals surface area contributed by atoms with Crippen LogP contribution in [0.25, 0.3) is 10.9 Å². The van der Waals surface area contributed by atoms with Crippen LogP contribution in [-0.2, 0) is 0 Å². The Morgan fingerprint density at radius 3 is 2.57 bits per heavy atom. The maximum atomic E-state index is 13.1. The normalized spacial score (nSPS) is 15.5. The molecule has 1 aromatic heterocycles. The second kappa shape index (κ2) is 6.39. The van der Waals surface area contributed by atoms with Crippen LogP contribution >= 0.6 is 11.6 Å². The fraction of sp³-hybridized carbons (Fsp3) is 0.0909. The van der Waals surface area contributed by atoms with Gasteiger partial charge in [0.2, 0.25) is 5.95 Å². The monoisotopic (exact) mass is 388 g/mol. The quantitative estimate of drug-likeness (QED) is 0.538. The van der Waals surface area contributed by atoms with Gasteiger partial charge in [0, 0.05) is 10.7 Å². The molecule has 6 heteroatoms. The number of para-hydroxylation sites is 1. The van der Waals surface area contributed by atoms with Crippen LogP contribution in [0.4, 0.5) is 11.6 Å². The highest BCUT2D eigenvalue weighted by atomic mass is 35.5. The Kier molecular flexibility index (Phi) is 3.84. The van der Waals surface area contributed by atoms with E-state index in [1.807, 2.05) is 78.6 Å². The maximum absolute atomic E-state index is 13.1. The van der Waals surface area contributed by atoms with E-state index in [2.05, 4.69) is 5.43 Å². The van der Waals surface area contributed by atoms with Gasteiger partial charge in [0.1, 0.15) is 6.17 Å². The molecule has 0 saturated heterocycles. The molecule has 1 aliphatic heterocycles. The standard InChI is InChI=1S/C22H17ClN4O/c1-14-9-11-17(12-10-14)26-20(15-5-4-6-16(23)13-15)25-27-21(28)18-7-2-3-8-19(18)24-22(26)27/h2-13,20,25H,1H3. The molecule has 3 aromatic carbocycles. The van der Waals surface area contributed by atoms with Gasteiger partial charge in [-0.05, 0) is 48.9 Å². The second-order valence-corrected chi connectivity index (χ2v) is 7.30. The Balaban J connectivity index is 1.76. The molecule has 1 aliphatic rings. The lowest BCUT2D eigenvalue weighted by atomic mass is 10.1. The Morgan fingerprint density at radius 1 is 1.00 bits per heavy atom. The first-order valence-electron chi connectivity index (χ1n) is 9.01. The number of fused-ring (bicyclic) bond motifs is 2. The lowest BCUT2D eigenvalue weighted by molar-refractivity contribution is 0.767. The molecule has 0 spiro atoms. The van der Waals surface area contributed by atoms with Crippen LogP contribution in [0.15, 0.2) is 77.6 Å². The summed E-state index contributed by atoms with van der Waals surface area (Å²) in [6.45, 7) is 2.05. The molecule has 1 atom stereocenters. The Hall–Kier alpha value is -3.31. The zero-order valence-corrected chi connectivity index (χ0v) is 15.9. The first kappa shape index (κ1) is 16.8. The minimum absolute atomic E-state index is 0.123. The lowest BCUT2D eigenvalue weighted by Crippen LogP contribution is -2.27. The van der Waals surface area contributed by atoms with Crippen molar-refractivity contribution < 1.29 is 0 Å². The smallest absolute Gasteiger partial charge is 0.281 e. The van der Waals surface area contributed by atoms with Crippen LogP contribution in [0, 0.1) is 6.92 Å². The molecule has 5 rings (SSSR count). The summed E-state index contributed by atoms with van der Waals surface area (Å²) in [5.41, 5.74) is 6.91. The van der Waals surface area contributed by atoms with Gasteiger partial charge >= 0.3 is 0 Å². The first-order valence-corrected chi connectivity index (χ1v) is 9.39. The fourth-order valence-corrected chi connectivity index (χ4v) is 3.76. The third kappa shape index (κ3) is 2.63. The third-order valence-corrected chi connectivity index (χ3v) is 5.19. The molecule has 0 radical (unpaired) electrons. The number of aromatic nitrogens is 2. The predicted octanol–water partition coefficient (Wildman–Crippen LogP) is 4.75. The minimum atomic E-state index is -0.307. The number of hydrogen-bond acceptors (Lipinski definition) is 4. The summed E-state index contributed by atoms with van der Waals surface area (Å²) in [4.78, 5) is 19.9. The molecule has 0 saturated carbocycles. The van der Waals surface area contributed by atoms with Gasteiger partial charge in [-0.2, -0.15) is 4.68 Å². The number of rotatable bonds is 2. The highest BCUT2D eigenvalue weighted by molar-refractivity contribution is 6.30. The summed E-state index contributed by atoms with van der Waals surface area (Å²) in [7, 11) is 0. The van der Waals surface area contributed by atoms with Crippen molar-refractivity contribution in [3.05, 3.63) is 99.3 Å².